The van der Waals surface area contributed by atoms with Gasteiger partial charge < -0.3 is 64.9 Å². The Kier molecular flexibility index (Phi) is 15.5. The lowest BCUT2D eigenvalue weighted by atomic mass is 9.75. The average molecular weight is 665 g/mol. The number of carbonyl (C=O) groups excluding carboxylic acids is 3. The zero-order valence-electron chi connectivity index (χ0n) is 27.0. The normalized spacial score (nSPS) is 34.7. The number of carbonyl (C=O) groups is 3. The lowest BCUT2D eigenvalue weighted by Gasteiger charge is -2.37. The molecule has 0 amide bonds. The van der Waals surface area contributed by atoms with Crippen molar-refractivity contribution in [3.63, 3.8) is 0 Å². The summed E-state index contributed by atoms with van der Waals surface area (Å²) in [4.78, 5) is 32.6. The van der Waals surface area contributed by atoms with Crippen molar-refractivity contribution in [1.82, 2.24) is 0 Å². The van der Waals surface area contributed by atoms with Gasteiger partial charge in [0.1, 0.15) is 24.3 Å². The SMILES string of the molecule is CCCCCC(O)/C=C/C=O.CCCCCC1OC(O)CC1C1(O)C(=O)OC2C(O)COC21O.O=C1OC(C(O)CO)C(O)=C1[O-].[H+]. The van der Waals surface area contributed by atoms with Crippen LogP contribution in [0.15, 0.2) is 23.7 Å². The van der Waals surface area contributed by atoms with Gasteiger partial charge in [-0.1, -0.05) is 58.4 Å². The number of aldehydes is 1. The van der Waals surface area contributed by atoms with Gasteiger partial charge in [-0.3, -0.25) is 4.79 Å². The number of aliphatic hydroxyl groups excluding tert-OH is 6. The van der Waals surface area contributed by atoms with E-state index >= 15 is 0 Å². The summed E-state index contributed by atoms with van der Waals surface area (Å²) in [6.07, 6.45) is 3.33. The van der Waals surface area contributed by atoms with Crippen molar-refractivity contribution in [2.75, 3.05) is 13.2 Å². The average Bonchev–Trinajstić information content (AvgIpc) is 3.70. The van der Waals surface area contributed by atoms with E-state index in [1.165, 1.54) is 12.2 Å². The van der Waals surface area contributed by atoms with Crippen LogP contribution in [0, 0.1) is 5.92 Å². The Morgan fingerprint density at radius 1 is 1.07 bits per heavy atom. The van der Waals surface area contributed by atoms with E-state index in [0.717, 1.165) is 44.9 Å². The minimum absolute atomic E-state index is 0. The molecule has 4 aliphatic heterocycles. The van der Waals surface area contributed by atoms with Gasteiger partial charge in [0.05, 0.1) is 25.4 Å². The molecule has 0 bridgehead atoms. The van der Waals surface area contributed by atoms with E-state index in [2.05, 4.69) is 11.7 Å². The van der Waals surface area contributed by atoms with Gasteiger partial charge in [0, 0.05) is 18.1 Å². The molecule has 3 fully saturated rings. The van der Waals surface area contributed by atoms with Crippen molar-refractivity contribution < 1.29 is 80.7 Å². The quantitative estimate of drug-likeness (QED) is 0.0467. The molecule has 4 aliphatic rings. The predicted molar refractivity (Wildman–Crippen MR) is 154 cm³/mol. The maximum absolute atomic E-state index is 12.3. The summed E-state index contributed by atoms with van der Waals surface area (Å²) in [6.45, 7) is 3.22. The lowest BCUT2D eigenvalue weighted by molar-refractivity contribution is -0.303. The lowest BCUT2D eigenvalue weighted by Crippen LogP contribution is -2.63. The second-order valence-corrected chi connectivity index (χ2v) is 11.5. The molecule has 0 aromatic heterocycles. The van der Waals surface area contributed by atoms with Gasteiger partial charge in [-0.15, -0.1) is 0 Å². The number of rotatable bonds is 13. The van der Waals surface area contributed by atoms with Crippen LogP contribution < -0.4 is 5.11 Å². The van der Waals surface area contributed by atoms with E-state index in [1.54, 1.807) is 0 Å². The third-order valence-corrected chi connectivity index (χ3v) is 8.14. The van der Waals surface area contributed by atoms with Gasteiger partial charge in [-0.25, -0.2) is 9.59 Å². The van der Waals surface area contributed by atoms with E-state index in [9.17, 15) is 39.9 Å². The van der Waals surface area contributed by atoms with E-state index in [-0.39, 0.29) is 14.5 Å². The minimum Gasteiger partial charge on any atom is -0.865 e. The third-order valence-electron chi connectivity index (χ3n) is 8.14. The molecule has 264 valence electrons. The molecule has 8 N–H and O–H groups in total. The Morgan fingerprint density at radius 3 is 2.28 bits per heavy atom. The maximum Gasteiger partial charge on any atom is 1.00 e. The standard InChI is InChI=1S/C15H24O8.C9H16O2.C6H8O6/c1-2-3-4-5-10-8(6-11(17)22-10)14(19)13(18)23-12-9(16)7-21-15(12,14)20;1-2-3-4-6-9(11)7-5-8-10;7-1-2(8)5-3(9)4(10)6(11)12-5/h8-12,16-17,19-20H,2-7H2,1H3;5,7-9,11H,2-4,6H2,1H3;2,5,7-10H,1H2/b;7-5+;. The van der Waals surface area contributed by atoms with E-state index < -0.39 is 90.3 Å². The third kappa shape index (κ3) is 9.02. The maximum atomic E-state index is 12.3. The molecule has 0 aromatic carbocycles. The van der Waals surface area contributed by atoms with Crippen molar-refractivity contribution in [1.29, 1.82) is 0 Å². The number of esters is 2. The summed E-state index contributed by atoms with van der Waals surface area (Å²) >= 11 is 0. The Bertz CT molecular complexity index is 1070. The summed E-state index contributed by atoms with van der Waals surface area (Å²) < 4.78 is 19.8. The number of allylic oxidation sites excluding steroid dienone is 1. The van der Waals surface area contributed by atoms with Crippen LogP contribution in [0.1, 0.15) is 73.1 Å². The first kappa shape index (κ1) is 39.5. The van der Waals surface area contributed by atoms with Crippen LogP contribution >= 0.6 is 0 Å². The molecule has 0 saturated carbocycles. The van der Waals surface area contributed by atoms with Crippen molar-refractivity contribution in [2.24, 2.45) is 5.92 Å². The number of unbranched alkanes of at least 4 members (excludes halogenated alkanes) is 4. The molecule has 0 aromatic rings. The van der Waals surface area contributed by atoms with Gasteiger partial charge in [0.25, 0.3) is 0 Å². The van der Waals surface area contributed by atoms with Crippen LogP contribution in [-0.4, -0.2) is 127 Å². The van der Waals surface area contributed by atoms with Crippen LogP contribution in [0.2, 0.25) is 0 Å². The van der Waals surface area contributed by atoms with Crippen LogP contribution in [0.25, 0.3) is 0 Å². The predicted octanol–water partition coefficient (Wildman–Crippen LogP) is -1.78. The molecule has 16 heteroatoms. The summed E-state index contributed by atoms with van der Waals surface area (Å²) in [7, 11) is 0. The van der Waals surface area contributed by atoms with Gasteiger partial charge in [-0.2, -0.15) is 0 Å². The van der Waals surface area contributed by atoms with Crippen LogP contribution in [0.4, 0.5) is 0 Å². The fourth-order valence-electron chi connectivity index (χ4n) is 5.61. The minimum atomic E-state index is -2.37. The Morgan fingerprint density at radius 2 is 1.72 bits per heavy atom. The fraction of sp³-hybridized carbons (Fsp3) is 0.767. The van der Waals surface area contributed by atoms with E-state index in [1.807, 2.05) is 6.92 Å². The highest BCUT2D eigenvalue weighted by molar-refractivity contribution is 5.88. The van der Waals surface area contributed by atoms with Crippen molar-refractivity contribution in [2.45, 2.75) is 126 Å². The zero-order chi connectivity index (χ0) is 34.7. The largest absolute Gasteiger partial charge is 1.00 e. The number of aliphatic hydroxyl groups is 8. The van der Waals surface area contributed by atoms with Gasteiger partial charge in [-0.05, 0) is 18.9 Å². The molecular formula is C30H48O16. The molecule has 0 aliphatic carbocycles. The molecule has 46 heavy (non-hydrogen) atoms. The second kappa shape index (κ2) is 18.0. The van der Waals surface area contributed by atoms with Gasteiger partial charge in [0.15, 0.2) is 18.5 Å². The molecule has 10 unspecified atom stereocenters. The van der Waals surface area contributed by atoms with Crippen molar-refractivity contribution in [3.05, 3.63) is 23.7 Å². The smallest absolute Gasteiger partial charge is 0.865 e. The Balaban J connectivity index is 0.000000391. The number of ether oxygens (including phenoxy) is 4. The van der Waals surface area contributed by atoms with Gasteiger partial charge >= 0.3 is 13.4 Å². The zero-order valence-corrected chi connectivity index (χ0v) is 26.0. The summed E-state index contributed by atoms with van der Waals surface area (Å²) in [6, 6.07) is 0. The van der Waals surface area contributed by atoms with Crippen molar-refractivity contribution in [3.8, 4) is 0 Å². The molecule has 16 nitrogen and oxygen atoms in total. The monoisotopic (exact) mass is 664 g/mol. The highest BCUT2D eigenvalue weighted by Gasteiger charge is 2.77. The highest BCUT2D eigenvalue weighted by atomic mass is 16.7. The number of hydrogen-bond acceptors (Lipinski definition) is 16. The first-order valence-electron chi connectivity index (χ1n) is 15.4. The first-order chi connectivity index (χ1) is 21.7. The Labute approximate surface area is 268 Å². The second-order valence-electron chi connectivity index (χ2n) is 11.5. The molecular weight excluding hydrogens is 616 g/mol. The Hall–Kier alpha value is -2.67. The van der Waals surface area contributed by atoms with Crippen molar-refractivity contribution >= 4 is 18.2 Å². The first-order valence-corrected chi connectivity index (χ1v) is 15.4. The van der Waals surface area contributed by atoms with Crippen LogP contribution in [0.3, 0.4) is 0 Å². The van der Waals surface area contributed by atoms with Crippen LogP contribution in [0.5, 0.6) is 0 Å². The molecule has 4 rings (SSSR count). The number of cyclic esters (lactones) is 1. The topological polar surface area (TPSA) is 273 Å². The summed E-state index contributed by atoms with van der Waals surface area (Å²) in [5, 5.41) is 87.2. The fourth-order valence-corrected chi connectivity index (χ4v) is 5.61. The molecule has 0 radical (unpaired) electrons. The molecule has 4 heterocycles. The summed E-state index contributed by atoms with van der Waals surface area (Å²) in [5.41, 5.74) is -2.37. The van der Waals surface area contributed by atoms with E-state index in [4.69, 9.17) is 34.6 Å². The summed E-state index contributed by atoms with van der Waals surface area (Å²) in [5.74, 6) is -7.50. The number of fused-ring (bicyclic) bond motifs is 1. The van der Waals surface area contributed by atoms with Crippen LogP contribution in [-0.2, 0) is 33.3 Å². The molecule has 3 saturated heterocycles. The molecule has 0 spiro atoms. The number of hydrogen-bond donors (Lipinski definition) is 8. The molecule has 10 atom stereocenters. The van der Waals surface area contributed by atoms with Gasteiger partial charge in [0.2, 0.25) is 11.4 Å². The highest BCUT2D eigenvalue weighted by Crippen LogP contribution is 2.51. The van der Waals surface area contributed by atoms with E-state index in [0.29, 0.717) is 12.7 Å².